The molecule has 21 heavy (non-hydrogen) atoms. The Balaban J connectivity index is 2.80. The predicted molar refractivity (Wildman–Crippen MR) is 74.8 cm³/mol. The molecule has 0 aromatic heterocycles. The summed E-state index contributed by atoms with van der Waals surface area (Å²) in [6, 6.07) is 4.66. The first kappa shape index (κ1) is 16.8. The molecule has 7 nitrogen and oxygen atoms in total. The quantitative estimate of drug-likeness (QED) is 0.651. The Bertz CT molecular complexity index is 502. The van der Waals surface area contributed by atoms with Gasteiger partial charge in [-0.25, -0.2) is 4.79 Å². The van der Waals surface area contributed by atoms with Crippen molar-refractivity contribution in [3.8, 4) is 11.5 Å². The van der Waals surface area contributed by atoms with Crippen LogP contribution in [0.3, 0.4) is 0 Å². The number of benzene rings is 1. The highest BCUT2D eigenvalue weighted by Gasteiger charge is 2.16. The molecule has 0 radical (unpaired) electrons. The fraction of sp³-hybridized carbons (Fsp3) is 0.429. The van der Waals surface area contributed by atoms with E-state index in [1.54, 1.807) is 6.07 Å². The molecule has 7 heteroatoms. The Morgan fingerprint density at radius 1 is 1.19 bits per heavy atom. The molecule has 116 valence electrons. The van der Waals surface area contributed by atoms with E-state index >= 15 is 0 Å². The number of aliphatic hydroxyl groups excluding tert-OH is 1. The largest absolute Gasteiger partial charge is 0.490 e. The van der Waals surface area contributed by atoms with E-state index in [9.17, 15) is 9.59 Å². The lowest BCUT2D eigenvalue weighted by molar-refractivity contribution is -0.146. The van der Waals surface area contributed by atoms with Crippen molar-refractivity contribution in [1.82, 2.24) is 5.32 Å². The van der Waals surface area contributed by atoms with Crippen molar-refractivity contribution in [2.24, 2.45) is 0 Å². The van der Waals surface area contributed by atoms with Gasteiger partial charge in [-0.1, -0.05) is 0 Å². The van der Waals surface area contributed by atoms with E-state index in [0.717, 1.165) is 0 Å². The van der Waals surface area contributed by atoms with E-state index < -0.39 is 18.0 Å². The number of aliphatic hydroxyl groups is 1. The van der Waals surface area contributed by atoms with Crippen molar-refractivity contribution in [1.29, 1.82) is 0 Å². The van der Waals surface area contributed by atoms with Crippen molar-refractivity contribution in [3.05, 3.63) is 23.8 Å². The van der Waals surface area contributed by atoms with Crippen LogP contribution < -0.4 is 14.8 Å². The van der Waals surface area contributed by atoms with Gasteiger partial charge in [0.1, 0.15) is 0 Å². The van der Waals surface area contributed by atoms with Crippen molar-refractivity contribution in [2.75, 3.05) is 19.8 Å². The molecule has 0 unspecified atom stereocenters. The topological polar surface area (TPSA) is 105 Å². The van der Waals surface area contributed by atoms with Gasteiger partial charge in [0.2, 0.25) is 0 Å². The highest BCUT2D eigenvalue weighted by atomic mass is 16.5. The number of amides is 1. The molecule has 0 saturated carbocycles. The molecule has 0 aliphatic heterocycles. The van der Waals surface area contributed by atoms with Crippen LogP contribution in [-0.4, -0.2) is 48.0 Å². The minimum Gasteiger partial charge on any atom is -0.490 e. The SMILES string of the molecule is CCOc1ccc(C(=O)NC[C@H](O)C(=O)O)cc1OCC. The van der Waals surface area contributed by atoms with Crippen molar-refractivity contribution >= 4 is 11.9 Å². The molecule has 1 atom stereocenters. The molecule has 1 aromatic rings. The molecule has 1 rings (SSSR count). The van der Waals surface area contributed by atoms with Crippen molar-refractivity contribution < 1.29 is 29.3 Å². The number of hydrogen-bond acceptors (Lipinski definition) is 5. The first-order valence-corrected chi connectivity index (χ1v) is 6.58. The fourth-order valence-corrected chi connectivity index (χ4v) is 1.57. The van der Waals surface area contributed by atoms with Gasteiger partial charge in [-0.2, -0.15) is 0 Å². The minimum absolute atomic E-state index is 0.291. The monoisotopic (exact) mass is 297 g/mol. The van der Waals surface area contributed by atoms with Gasteiger partial charge in [0.15, 0.2) is 17.6 Å². The molecule has 0 fully saturated rings. The van der Waals surface area contributed by atoms with Gasteiger partial charge in [0, 0.05) is 5.56 Å². The zero-order valence-corrected chi connectivity index (χ0v) is 12.0. The van der Waals surface area contributed by atoms with E-state index in [2.05, 4.69) is 5.32 Å². The zero-order valence-electron chi connectivity index (χ0n) is 12.0. The Hall–Kier alpha value is -2.28. The summed E-state index contributed by atoms with van der Waals surface area (Å²) in [5.74, 6) is -0.927. The standard InChI is InChI=1S/C14H19NO6/c1-3-20-11-6-5-9(7-12(11)21-4-2)13(17)15-8-10(16)14(18)19/h5-7,10,16H,3-4,8H2,1-2H3,(H,15,17)(H,18,19)/t10-/m0/s1. The van der Waals surface area contributed by atoms with Crippen LogP contribution in [0.2, 0.25) is 0 Å². The number of rotatable bonds is 8. The first-order valence-electron chi connectivity index (χ1n) is 6.58. The Kier molecular flexibility index (Phi) is 6.48. The van der Waals surface area contributed by atoms with Gasteiger partial charge in [-0.05, 0) is 32.0 Å². The predicted octanol–water partition coefficient (Wildman–Crippen LogP) is 0.659. The average Bonchev–Trinajstić information content (AvgIpc) is 2.46. The molecular weight excluding hydrogens is 278 g/mol. The smallest absolute Gasteiger partial charge is 0.334 e. The van der Waals surface area contributed by atoms with Crippen molar-refractivity contribution in [2.45, 2.75) is 20.0 Å². The Morgan fingerprint density at radius 3 is 2.38 bits per heavy atom. The van der Waals surface area contributed by atoms with Crippen LogP contribution in [0.5, 0.6) is 11.5 Å². The third-order valence-electron chi connectivity index (χ3n) is 2.55. The maximum absolute atomic E-state index is 11.9. The van der Waals surface area contributed by atoms with E-state index in [0.29, 0.717) is 30.3 Å². The summed E-state index contributed by atoms with van der Waals surface area (Å²) in [6.45, 7) is 4.17. The van der Waals surface area contributed by atoms with Crippen LogP contribution >= 0.6 is 0 Å². The second-order valence-electron chi connectivity index (χ2n) is 4.09. The number of carboxylic acids is 1. The number of nitrogens with one attached hydrogen (secondary N) is 1. The second kappa shape index (κ2) is 8.11. The fourth-order valence-electron chi connectivity index (χ4n) is 1.57. The summed E-state index contributed by atoms with van der Waals surface area (Å²) in [7, 11) is 0. The highest BCUT2D eigenvalue weighted by molar-refractivity contribution is 5.95. The van der Waals surface area contributed by atoms with Gasteiger partial charge in [0.25, 0.3) is 5.91 Å². The van der Waals surface area contributed by atoms with Gasteiger partial charge in [0.05, 0.1) is 19.8 Å². The van der Waals surface area contributed by atoms with Gasteiger partial charge < -0.3 is 25.0 Å². The van der Waals surface area contributed by atoms with Crippen molar-refractivity contribution in [3.63, 3.8) is 0 Å². The normalized spacial score (nSPS) is 11.6. The van der Waals surface area contributed by atoms with Crippen LogP contribution in [0.25, 0.3) is 0 Å². The second-order valence-corrected chi connectivity index (χ2v) is 4.09. The van der Waals surface area contributed by atoms with Crippen LogP contribution in [-0.2, 0) is 4.79 Å². The molecule has 3 N–H and O–H groups in total. The Morgan fingerprint density at radius 2 is 1.81 bits per heavy atom. The van der Waals surface area contributed by atoms with Gasteiger partial charge >= 0.3 is 5.97 Å². The molecule has 0 aliphatic rings. The summed E-state index contributed by atoms with van der Waals surface area (Å²) in [5.41, 5.74) is 0.291. The lowest BCUT2D eigenvalue weighted by atomic mass is 10.2. The number of aliphatic carboxylic acids is 1. The van der Waals surface area contributed by atoms with E-state index in [4.69, 9.17) is 19.7 Å². The van der Waals surface area contributed by atoms with Crippen LogP contribution in [0.1, 0.15) is 24.2 Å². The summed E-state index contributed by atoms with van der Waals surface area (Å²) < 4.78 is 10.8. The summed E-state index contributed by atoms with van der Waals surface area (Å²) in [6.07, 6.45) is -1.64. The van der Waals surface area contributed by atoms with Crippen LogP contribution in [0.15, 0.2) is 18.2 Å². The third kappa shape index (κ3) is 4.96. The van der Waals surface area contributed by atoms with Crippen LogP contribution in [0, 0.1) is 0 Å². The lowest BCUT2D eigenvalue weighted by Gasteiger charge is -2.13. The molecule has 0 heterocycles. The number of carbonyl (C=O) groups is 2. The number of carbonyl (C=O) groups excluding carboxylic acids is 1. The first-order chi connectivity index (χ1) is 9.99. The van der Waals surface area contributed by atoms with Crippen LogP contribution in [0.4, 0.5) is 0 Å². The lowest BCUT2D eigenvalue weighted by Crippen LogP contribution is -2.36. The number of carboxylic acid groups (broad SMARTS) is 1. The Labute approximate surface area is 122 Å². The van der Waals surface area contributed by atoms with E-state index in [1.807, 2.05) is 13.8 Å². The molecular formula is C14H19NO6. The van der Waals surface area contributed by atoms with Gasteiger partial charge in [-0.15, -0.1) is 0 Å². The minimum atomic E-state index is -1.64. The molecule has 0 saturated heterocycles. The average molecular weight is 297 g/mol. The molecule has 0 spiro atoms. The van der Waals surface area contributed by atoms with Gasteiger partial charge in [-0.3, -0.25) is 4.79 Å². The molecule has 0 bridgehead atoms. The summed E-state index contributed by atoms with van der Waals surface area (Å²) >= 11 is 0. The zero-order chi connectivity index (χ0) is 15.8. The number of ether oxygens (including phenoxy) is 2. The van der Waals surface area contributed by atoms with E-state index in [-0.39, 0.29) is 6.54 Å². The molecule has 1 aromatic carbocycles. The summed E-state index contributed by atoms with van der Waals surface area (Å²) in [4.78, 5) is 22.4. The molecule has 0 aliphatic carbocycles. The molecule has 1 amide bonds. The van der Waals surface area contributed by atoms with E-state index in [1.165, 1.54) is 12.1 Å². The maximum atomic E-state index is 11.9. The third-order valence-corrected chi connectivity index (χ3v) is 2.55. The summed E-state index contributed by atoms with van der Waals surface area (Å²) in [5, 5.41) is 20.0. The maximum Gasteiger partial charge on any atom is 0.334 e. The number of hydrogen-bond donors (Lipinski definition) is 3. The highest BCUT2D eigenvalue weighted by Crippen LogP contribution is 2.28.